The summed E-state index contributed by atoms with van der Waals surface area (Å²) in [5.41, 5.74) is 5.51. The van der Waals surface area contributed by atoms with Crippen LogP contribution in [0.15, 0.2) is 27.3 Å². The lowest BCUT2D eigenvalue weighted by Gasteiger charge is -2.01. The van der Waals surface area contributed by atoms with Crippen molar-refractivity contribution in [3.05, 3.63) is 24.3 Å². The number of nitrogens with zero attached hydrogens (tertiary/aromatic N) is 2. The fraction of sp³-hybridized carbons (Fsp3) is 0.400. The maximum atomic E-state index is 5.51. The Labute approximate surface area is 87.3 Å². The third-order valence-electron chi connectivity index (χ3n) is 2.14. The van der Waals surface area contributed by atoms with Gasteiger partial charge in [-0.2, -0.15) is 4.98 Å². The van der Waals surface area contributed by atoms with Crippen LogP contribution in [0.25, 0.3) is 11.6 Å². The summed E-state index contributed by atoms with van der Waals surface area (Å²) in [7, 11) is 0. The summed E-state index contributed by atoms with van der Waals surface area (Å²) in [6, 6.07) is 3.58. The second-order valence-electron chi connectivity index (χ2n) is 3.53. The maximum absolute atomic E-state index is 5.51. The average Bonchev–Trinajstić information content (AvgIpc) is 2.85. The summed E-state index contributed by atoms with van der Waals surface area (Å²) in [5, 5.41) is 3.83. The van der Waals surface area contributed by atoms with Gasteiger partial charge in [0.05, 0.1) is 6.26 Å². The molecule has 15 heavy (non-hydrogen) atoms. The topological polar surface area (TPSA) is 78.1 Å². The van der Waals surface area contributed by atoms with Crippen molar-refractivity contribution in [1.29, 1.82) is 0 Å². The standard InChI is InChI=1S/C10H13N3O2/c1-7(6-11)5-9-12-10(13-15-9)8-3-2-4-14-8/h2-4,7H,5-6,11H2,1H3. The molecule has 0 bridgehead atoms. The predicted molar refractivity (Wildman–Crippen MR) is 53.9 cm³/mol. The highest BCUT2D eigenvalue weighted by Gasteiger charge is 2.12. The van der Waals surface area contributed by atoms with E-state index in [1.54, 1.807) is 18.4 Å². The molecule has 0 radical (unpaired) electrons. The van der Waals surface area contributed by atoms with E-state index in [2.05, 4.69) is 10.1 Å². The molecule has 5 nitrogen and oxygen atoms in total. The number of hydrogen-bond acceptors (Lipinski definition) is 5. The summed E-state index contributed by atoms with van der Waals surface area (Å²) < 4.78 is 10.2. The molecule has 2 N–H and O–H groups in total. The van der Waals surface area contributed by atoms with Gasteiger partial charge in [-0.05, 0) is 24.6 Å². The van der Waals surface area contributed by atoms with Crippen molar-refractivity contribution in [3.8, 4) is 11.6 Å². The molecule has 0 aliphatic rings. The van der Waals surface area contributed by atoms with Crippen LogP contribution in [-0.2, 0) is 6.42 Å². The van der Waals surface area contributed by atoms with Crippen LogP contribution in [0, 0.1) is 5.92 Å². The molecule has 0 saturated heterocycles. The van der Waals surface area contributed by atoms with Gasteiger partial charge in [-0.1, -0.05) is 12.1 Å². The first kappa shape index (κ1) is 9.92. The second kappa shape index (κ2) is 4.27. The molecular weight excluding hydrogens is 194 g/mol. The minimum Gasteiger partial charge on any atom is -0.461 e. The van der Waals surface area contributed by atoms with Gasteiger partial charge in [0.1, 0.15) is 0 Å². The minimum atomic E-state index is 0.343. The van der Waals surface area contributed by atoms with Crippen molar-refractivity contribution in [1.82, 2.24) is 10.1 Å². The van der Waals surface area contributed by atoms with Crippen LogP contribution in [-0.4, -0.2) is 16.7 Å². The monoisotopic (exact) mass is 207 g/mol. The van der Waals surface area contributed by atoms with Gasteiger partial charge < -0.3 is 14.7 Å². The van der Waals surface area contributed by atoms with Gasteiger partial charge in [-0.15, -0.1) is 0 Å². The van der Waals surface area contributed by atoms with E-state index in [9.17, 15) is 0 Å². The number of aromatic nitrogens is 2. The van der Waals surface area contributed by atoms with E-state index in [4.69, 9.17) is 14.7 Å². The van der Waals surface area contributed by atoms with Crippen molar-refractivity contribution in [3.63, 3.8) is 0 Å². The number of furan rings is 1. The van der Waals surface area contributed by atoms with E-state index in [0.29, 0.717) is 36.4 Å². The number of rotatable bonds is 4. The third kappa shape index (κ3) is 2.24. The summed E-state index contributed by atoms with van der Waals surface area (Å²) in [5.74, 6) is 2.04. The normalized spacial score (nSPS) is 12.9. The van der Waals surface area contributed by atoms with Crippen LogP contribution >= 0.6 is 0 Å². The highest BCUT2D eigenvalue weighted by molar-refractivity contribution is 5.44. The van der Waals surface area contributed by atoms with E-state index in [1.165, 1.54) is 0 Å². The Hall–Kier alpha value is -1.62. The Morgan fingerprint density at radius 3 is 3.07 bits per heavy atom. The first-order chi connectivity index (χ1) is 7.29. The van der Waals surface area contributed by atoms with Gasteiger partial charge in [0.25, 0.3) is 0 Å². The van der Waals surface area contributed by atoms with Crippen molar-refractivity contribution < 1.29 is 8.94 Å². The largest absolute Gasteiger partial charge is 0.461 e. The Morgan fingerprint density at radius 1 is 1.53 bits per heavy atom. The molecule has 2 heterocycles. The van der Waals surface area contributed by atoms with Gasteiger partial charge in [-0.3, -0.25) is 0 Å². The zero-order chi connectivity index (χ0) is 10.7. The van der Waals surface area contributed by atoms with E-state index in [1.807, 2.05) is 6.92 Å². The highest BCUT2D eigenvalue weighted by atomic mass is 16.5. The van der Waals surface area contributed by atoms with Gasteiger partial charge in [0.2, 0.25) is 11.7 Å². The fourth-order valence-corrected chi connectivity index (χ4v) is 1.23. The van der Waals surface area contributed by atoms with Crippen LogP contribution in [0.3, 0.4) is 0 Å². The molecule has 2 aromatic heterocycles. The van der Waals surface area contributed by atoms with Crippen LogP contribution in [0.5, 0.6) is 0 Å². The first-order valence-electron chi connectivity index (χ1n) is 4.86. The van der Waals surface area contributed by atoms with Gasteiger partial charge in [0.15, 0.2) is 5.76 Å². The number of nitrogens with two attached hydrogens (primary N) is 1. The molecule has 2 aromatic rings. The van der Waals surface area contributed by atoms with Crippen LogP contribution in [0.4, 0.5) is 0 Å². The molecule has 0 spiro atoms. The molecule has 80 valence electrons. The molecule has 1 atom stereocenters. The second-order valence-corrected chi connectivity index (χ2v) is 3.53. The fourth-order valence-electron chi connectivity index (χ4n) is 1.23. The third-order valence-corrected chi connectivity index (χ3v) is 2.14. The smallest absolute Gasteiger partial charge is 0.238 e. The van der Waals surface area contributed by atoms with Gasteiger partial charge >= 0.3 is 0 Å². The Balaban J connectivity index is 2.11. The molecule has 2 rings (SSSR count). The lowest BCUT2D eigenvalue weighted by molar-refractivity contribution is 0.359. The van der Waals surface area contributed by atoms with Crippen LogP contribution in [0.1, 0.15) is 12.8 Å². The Bertz CT molecular complexity index is 408. The molecular formula is C10H13N3O2. The molecule has 0 aliphatic heterocycles. The summed E-state index contributed by atoms with van der Waals surface area (Å²) >= 11 is 0. The SMILES string of the molecule is CC(CN)Cc1nc(-c2ccco2)no1. The van der Waals surface area contributed by atoms with Crippen molar-refractivity contribution in [2.24, 2.45) is 11.7 Å². The molecule has 0 amide bonds. The highest BCUT2D eigenvalue weighted by Crippen LogP contribution is 2.16. The summed E-state index contributed by atoms with van der Waals surface area (Å²) in [6.07, 6.45) is 2.28. The number of hydrogen-bond donors (Lipinski definition) is 1. The van der Waals surface area contributed by atoms with E-state index in [0.717, 1.165) is 0 Å². The zero-order valence-corrected chi connectivity index (χ0v) is 8.51. The molecule has 0 aromatic carbocycles. The van der Waals surface area contributed by atoms with E-state index >= 15 is 0 Å². The van der Waals surface area contributed by atoms with Gasteiger partial charge in [0, 0.05) is 6.42 Å². The molecule has 0 saturated carbocycles. The molecule has 0 aliphatic carbocycles. The Morgan fingerprint density at radius 2 is 2.40 bits per heavy atom. The summed E-state index contributed by atoms with van der Waals surface area (Å²) in [4.78, 5) is 4.21. The van der Waals surface area contributed by atoms with Crippen LogP contribution in [0.2, 0.25) is 0 Å². The lowest BCUT2D eigenvalue weighted by Crippen LogP contribution is -2.13. The lowest BCUT2D eigenvalue weighted by atomic mass is 10.1. The predicted octanol–water partition coefficient (Wildman–Crippen LogP) is 1.47. The van der Waals surface area contributed by atoms with Crippen molar-refractivity contribution in [2.75, 3.05) is 6.54 Å². The molecule has 0 fully saturated rings. The quantitative estimate of drug-likeness (QED) is 0.821. The van der Waals surface area contributed by atoms with Crippen molar-refractivity contribution in [2.45, 2.75) is 13.3 Å². The zero-order valence-electron chi connectivity index (χ0n) is 8.51. The molecule has 1 unspecified atom stereocenters. The first-order valence-corrected chi connectivity index (χ1v) is 4.86. The summed E-state index contributed by atoms with van der Waals surface area (Å²) in [6.45, 7) is 2.65. The molecule has 5 heteroatoms. The minimum absolute atomic E-state index is 0.343. The van der Waals surface area contributed by atoms with Crippen LogP contribution < -0.4 is 5.73 Å². The van der Waals surface area contributed by atoms with Gasteiger partial charge in [-0.25, -0.2) is 0 Å². The van der Waals surface area contributed by atoms with E-state index in [-0.39, 0.29) is 0 Å². The Kier molecular flexibility index (Phi) is 2.82. The van der Waals surface area contributed by atoms with E-state index < -0.39 is 0 Å². The maximum Gasteiger partial charge on any atom is 0.238 e. The average molecular weight is 207 g/mol. The van der Waals surface area contributed by atoms with Crippen molar-refractivity contribution >= 4 is 0 Å².